The molecule has 1 heterocycles. The van der Waals surface area contributed by atoms with Crippen molar-refractivity contribution in [3.8, 4) is 17.2 Å². The summed E-state index contributed by atoms with van der Waals surface area (Å²) in [7, 11) is 2.92. The summed E-state index contributed by atoms with van der Waals surface area (Å²) in [6, 6.07) is 9.12. The zero-order valence-electron chi connectivity index (χ0n) is 17.2. The Morgan fingerprint density at radius 3 is 2.61 bits per heavy atom. The van der Waals surface area contributed by atoms with Gasteiger partial charge in [0.25, 0.3) is 0 Å². The van der Waals surface area contributed by atoms with E-state index < -0.39 is 11.5 Å². The van der Waals surface area contributed by atoms with Crippen LogP contribution in [0.1, 0.15) is 29.3 Å². The van der Waals surface area contributed by atoms with Crippen LogP contribution in [0.2, 0.25) is 5.02 Å². The third-order valence-electron chi connectivity index (χ3n) is 5.56. The van der Waals surface area contributed by atoms with Gasteiger partial charge >= 0.3 is 0 Å². The third kappa shape index (κ3) is 3.49. The van der Waals surface area contributed by atoms with E-state index in [1.165, 1.54) is 20.3 Å². The normalized spacial score (nSPS) is 22.1. The maximum Gasteiger partial charge on any atom is 0.231 e. The largest absolute Gasteiger partial charge is 0.496 e. The lowest BCUT2D eigenvalue weighted by Gasteiger charge is -2.37. The first-order chi connectivity index (χ1) is 14.8. The number of allylic oxidation sites excluding steroid dienone is 1. The zero-order valence-corrected chi connectivity index (χ0v) is 19.5. The van der Waals surface area contributed by atoms with Crippen LogP contribution in [0.5, 0.6) is 17.2 Å². The minimum atomic E-state index is -1.51. The predicted molar refractivity (Wildman–Crippen MR) is 118 cm³/mol. The minimum Gasteiger partial charge on any atom is -0.496 e. The fraction of sp³-hybridized carbons (Fsp3) is 0.304. The van der Waals surface area contributed by atoms with Gasteiger partial charge in [-0.15, -0.1) is 0 Å². The van der Waals surface area contributed by atoms with Crippen LogP contribution in [0.25, 0.3) is 0 Å². The lowest BCUT2D eigenvalue weighted by molar-refractivity contribution is -0.118. The molecule has 1 aliphatic heterocycles. The minimum absolute atomic E-state index is 0.134. The van der Waals surface area contributed by atoms with Crippen molar-refractivity contribution in [3.05, 3.63) is 62.8 Å². The van der Waals surface area contributed by atoms with Crippen molar-refractivity contribution < 1.29 is 28.5 Å². The highest BCUT2D eigenvalue weighted by molar-refractivity contribution is 9.10. The molecule has 0 radical (unpaired) electrons. The number of ether oxygens (including phenoxy) is 4. The van der Waals surface area contributed by atoms with E-state index >= 15 is 0 Å². The van der Waals surface area contributed by atoms with E-state index in [0.29, 0.717) is 5.75 Å². The average molecular weight is 508 g/mol. The molecule has 162 valence electrons. The number of rotatable bonds is 5. The van der Waals surface area contributed by atoms with Crippen LogP contribution < -0.4 is 14.2 Å². The summed E-state index contributed by atoms with van der Waals surface area (Å²) in [6.07, 6.45) is 1.49. The molecule has 1 aliphatic carbocycles. The summed E-state index contributed by atoms with van der Waals surface area (Å²) >= 11 is 9.91. The molecule has 0 fully saturated rings. The highest BCUT2D eigenvalue weighted by Gasteiger charge is 2.60. The Hall–Kier alpha value is -2.51. The third-order valence-corrected chi connectivity index (χ3v) is 6.41. The first kappa shape index (κ1) is 21.7. The maximum atomic E-state index is 13.8. The standard InChI is InChI=1S/C23H20BrClO6/c1-12-7-15(26)9-18(30-11-13-5-4-6-14(24)8-13)23(12)22(27)19-16(28-2)10-17(29-3)20(25)21(19)31-23/h4-6,8-10,12H,7,11H2,1-3H3/t12-,23+/m1/s1. The fourth-order valence-electron chi connectivity index (χ4n) is 4.03. The second-order valence-corrected chi connectivity index (χ2v) is 8.76. The second-order valence-electron chi connectivity index (χ2n) is 7.46. The summed E-state index contributed by atoms with van der Waals surface area (Å²) in [5.74, 6) is -0.0322. The molecule has 31 heavy (non-hydrogen) atoms. The number of hydrogen-bond donors (Lipinski definition) is 0. The smallest absolute Gasteiger partial charge is 0.231 e. The number of benzene rings is 2. The Bertz CT molecular complexity index is 1110. The van der Waals surface area contributed by atoms with Gasteiger partial charge in [0.05, 0.1) is 14.2 Å². The molecule has 0 saturated carbocycles. The maximum absolute atomic E-state index is 13.8. The molecular weight excluding hydrogens is 488 g/mol. The van der Waals surface area contributed by atoms with Gasteiger partial charge in [-0.1, -0.05) is 46.6 Å². The second kappa shape index (κ2) is 8.20. The molecule has 0 bridgehead atoms. The monoisotopic (exact) mass is 506 g/mol. The van der Waals surface area contributed by atoms with Crippen molar-refractivity contribution in [1.82, 2.24) is 0 Å². The molecule has 0 unspecified atom stereocenters. The summed E-state index contributed by atoms with van der Waals surface area (Å²) in [5, 5.41) is 0.166. The molecule has 4 rings (SSSR count). The quantitative estimate of drug-likeness (QED) is 0.558. The number of fused-ring (bicyclic) bond motifs is 1. The summed E-state index contributed by atoms with van der Waals surface area (Å²) in [6.45, 7) is 1.95. The number of halogens is 2. The van der Waals surface area contributed by atoms with Crippen LogP contribution in [0.3, 0.4) is 0 Å². The van der Waals surface area contributed by atoms with Gasteiger partial charge in [-0.05, 0) is 17.7 Å². The van der Waals surface area contributed by atoms with Crippen molar-refractivity contribution in [2.45, 2.75) is 25.6 Å². The van der Waals surface area contributed by atoms with Crippen LogP contribution in [-0.2, 0) is 16.1 Å². The molecule has 0 aromatic heterocycles. The van der Waals surface area contributed by atoms with Crippen molar-refractivity contribution in [1.29, 1.82) is 0 Å². The van der Waals surface area contributed by atoms with E-state index in [9.17, 15) is 9.59 Å². The van der Waals surface area contributed by atoms with E-state index in [1.807, 2.05) is 24.3 Å². The van der Waals surface area contributed by atoms with Gasteiger partial charge in [0.1, 0.15) is 28.7 Å². The molecule has 0 saturated heterocycles. The summed E-state index contributed by atoms with van der Waals surface area (Å²) in [5.41, 5.74) is -0.422. The number of carbonyl (C=O) groups excluding carboxylic acids is 2. The first-order valence-electron chi connectivity index (χ1n) is 9.62. The van der Waals surface area contributed by atoms with Crippen molar-refractivity contribution in [2.24, 2.45) is 5.92 Å². The molecule has 0 amide bonds. The van der Waals surface area contributed by atoms with Crippen LogP contribution >= 0.6 is 27.5 Å². The number of hydrogen-bond acceptors (Lipinski definition) is 6. The highest BCUT2D eigenvalue weighted by atomic mass is 79.9. The van der Waals surface area contributed by atoms with Crippen LogP contribution in [-0.4, -0.2) is 31.4 Å². The summed E-state index contributed by atoms with van der Waals surface area (Å²) < 4.78 is 23.9. The van der Waals surface area contributed by atoms with E-state index in [4.69, 9.17) is 30.5 Å². The van der Waals surface area contributed by atoms with E-state index in [-0.39, 0.29) is 52.4 Å². The highest BCUT2D eigenvalue weighted by Crippen LogP contribution is 2.54. The van der Waals surface area contributed by atoms with E-state index in [0.717, 1.165) is 10.0 Å². The molecule has 2 aromatic carbocycles. The molecule has 2 aromatic rings. The molecule has 1 spiro atoms. The van der Waals surface area contributed by atoms with Crippen molar-refractivity contribution >= 4 is 39.1 Å². The first-order valence-corrected chi connectivity index (χ1v) is 10.8. The average Bonchev–Trinajstić information content (AvgIpc) is 3.05. The van der Waals surface area contributed by atoms with Gasteiger partial charge in [-0.2, -0.15) is 0 Å². The van der Waals surface area contributed by atoms with Crippen molar-refractivity contribution in [2.75, 3.05) is 14.2 Å². The Labute approximate surface area is 193 Å². The number of Topliss-reactive ketones (excluding diaryl/α,β-unsaturated/α-hetero) is 1. The Morgan fingerprint density at radius 2 is 1.94 bits per heavy atom. The Balaban J connectivity index is 1.78. The number of ketones is 2. The van der Waals surface area contributed by atoms with E-state index in [2.05, 4.69) is 15.9 Å². The number of carbonyl (C=O) groups is 2. The fourth-order valence-corrected chi connectivity index (χ4v) is 4.74. The van der Waals surface area contributed by atoms with E-state index in [1.54, 1.807) is 13.0 Å². The van der Waals surface area contributed by atoms with Gasteiger partial charge in [0.15, 0.2) is 17.3 Å². The molecule has 0 N–H and O–H groups in total. The van der Waals surface area contributed by atoms with Gasteiger partial charge in [-0.3, -0.25) is 9.59 Å². The Kier molecular flexibility index (Phi) is 5.75. The van der Waals surface area contributed by atoms with Crippen molar-refractivity contribution in [3.63, 3.8) is 0 Å². The van der Waals surface area contributed by atoms with Gasteiger partial charge in [0.2, 0.25) is 11.4 Å². The molecule has 6 nitrogen and oxygen atoms in total. The molecule has 8 heteroatoms. The SMILES string of the molecule is COc1cc(OC)c2c(c1Cl)O[C@]1(C2=O)C(OCc2cccc(Br)c2)=CC(=O)C[C@H]1C. The summed E-state index contributed by atoms with van der Waals surface area (Å²) in [4.78, 5) is 26.1. The molecular formula is C23H20BrClO6. The van der Waals surface area contributed by atoms with Crippen LogP contribution in [0, 0.1) is 5.92 Å². The topological polar surface area (TPSA) is 71.1 Å². The Morgan fingerprint density at radius 1 is 1.19 bits per heavy atom. The van der Waals surface area contributed by atoms with Gasteiger partial charge in [0, 0.05) is 29.0 Å². The lowest BCUT2D eigenvalue weighted by atomic mass is 9.75. The lowest BCUT2D eigenvalue weighted by Crippen LogP contribution is -2.51. The van der Waals surface area contributed by atoms with Gasteiger partial charge < -0.3 is 18.9 Å². The van der Waals surface area contributed by atoms with Crippen LogP contribution in [0.4, 0.5) is 0 Å². The predicted octanol–water partition coefficient (Wildman–Crippen LogP) is 5.14. The zero-order chi connectivity index (χ0) is 22.3. The molecule has 2 atom stereocenters. The van der Waals surface area contributed by atoms with Crippen LogP contribution in [0.15, 0.2) is 46.6 Å². The van der Waals surface area contributed by atoms with Gasteiger partial charge in [-0.25, -0.2) is 0 Å². The number of methoxy groups -OCH3 is 2. The molecule has 2 aliphatic rings.